The summed E-state index contributed by atoms with van der Waals surface area (Å²) in [5.74, 6) is 0. The third kappa shape index (κ3) is 3.17. The largest absolute Gasteiger partial charge is 0.355 e. The minimum absolute atomic E-state index is 0.0566. The van der Waals surface area contributed by atoms with Crippen molar-refractivity contribution >= 4 is 44.0 Å². The first-order valence-corrected chi connectivity index (χ1v) is 7.83. The molecule has 1 aromatic carbocycles. The molecule has 0 unspecified atom stereocenters. The van der Waals surface area contributed by atoms with Gasteiger partial charge >= 0.3 is 5.00 Å². The van der Waals surface area contributed by atoms with Crippen LogP contribution in [-0.4, -0.2) is 14.9 Å². The molecule has 3 rings (SSSR count). The third-order valence-corrected chi connectivity index (χ3v) is 4.43. The molecular formula is C14H11ClN4O3S. The summed E-state index contributed by atoms with van der Waals surface area (Å²) in [6.07, 6.45) is 1.18. The lowest BCUT2D eigenvalue weighted by molar-refractivity contribution is -0.380. The fourth-order valence-electron chi connectivity index (χ4n) is 2.20. The molecule has 118 valence electrons. The Hall–Kier alpha value is -2.45. The van der Waals surface area contributed by atoms with E-state index in [1.165, 1.54) is 6.20 Å². The standard InChI is InChI=1S/C14H11ClN4O3S/c1-7(17-14-16-6-12(23-14)19(21)22)10-5-8-4-9(15)2-3-11(8)18-13(10)20/h2-7H,1H3,(H,16,17)(H,18,20)/t7-/m0/s1. The molecule has 2 N–H and O–H groups in total. The predicted molar refractivity (Wildman–Crippen MR) is 90.4 cm³/mol. The Morgan fingerprint density at radius 2 is 2.22 bits per heavy atom. The van der Waals surface area contributed by atoms with Crippen molar-refractivity contribution in [3.63, 3.8) is 0 Å². The van der Waals surface area contributed by atoms with Crippen LogP contribution in [0.4, 0.5) is 10.1 Å². The topological polar surface area (TPSA) is 101 Å². The Morgan fingerprint density at radius 1 is 1.43 bits per heavy atom. The molecule has 0 saturated heterocycles. The van der Waals surface area contributed by atoms with Crippen molar-refractivity contribution in [3.8, 4) is 0 Å². The molecule has 0 aliphatic rings. The van der Waals surface area contributed by atoms with E-state index in [1.54, 1.807) is 31.2 Å². The molecule has 0 radical (unpaired) electrons. The molecule has 1 atom stereocenters. The number of aromatic amines is 1. The molecule has 0 aliphatic carbocycles. The molecule has 9 heteroatoms. The van der Waals surface area contributed by atoms with Gasteiger partial charge in [0.15, 0.2) is 5.13 Å². The second kappa shape index (κ2) is 5.98. The van der Waals surface area contributed by atoms with E-state index in [9.17, 15) is 14.9 Å². The van der Waals surface area contributed by atoms with Crippen LogP contribution >= 0.6 is 22.9 Å². The maximum Gasteiger partial charge on any atom is 0.345 e. The van der Waals surface area contributed by atoms with E-state index in [0.717, 1.165) is 16.7 Å². The van der Waals surface area contributed by atoms with Crippen molar-refractivity contribution in [2.24, 2.45) is 0 Å². The van der Waals surface area contributed by atoms with Crippen molar-refractivity contribution in [2.45, 2.75) is 13.0 Å². The van der Waals surface area contributed by atoms with Crippen molar-refractivity contribution in [1.29, 1.82) is 0 Å². The summed E-state index contributed by atoms with van der Waals surface area (Å²) in [7, 11) is 0. The van der Waals surface area contributed by atoms with Gasteiger partial charge in [-0.2, -0.15) is 0 Å². The van der Waals surface area contributed by atoms with Crippen molar-refractivity contribution in [2.75, 3.05) is 5.32 Å². The second-order valence-electron chi connectivity index (χ2n) is 4.91. The van der Waals surface area contributed by atoms with Crippen LogP contribution in [0.2, 0.25) is 5.02 Å². The lowest BCUT2D eigenvalue weighted by atomic mass is 10.1. The average Bonchev–Trinajstić information content (AvgIpc) is 2.95. The van der Waals surface area contributed by atoms with Crippen LogP contribution in [0.5, 0.6) is 0 Å². The highest BCUT2D eigenvalue weighted by atomic mass is 35.5. The van der Waals surface area contributed by atoms with Crippen LogP contribution < -0.4 is 10.9 Å². The number of H-pyrrole nitrogens is 1. The van der Waals surface area contributed by atoms with Crippen molar-refractivity contribution < 1.29 is 4.92 Å². The Labute approximate surface area is 139 Å². The molecule has 2 aromatic heterocycles. The normalized spacial score (nSPS) is 12.3. The van der Waals surface area contributed by atoms with E-state index in [4.69, 9.17) is 11.6 Å². The van der Waals surface area contributed by atoms with Gasteiger partial charge in [-0.3, -0.25) is 14.9 Å². The number of rotatable bonds is 4. The number of aromatic nitrogens is 2. The number of anilines is 1. The van der Waals surface area contributed by atoms with Crippen LogP contribution in [0.1, 0.15) is 18.5 Å². The first-order valence-electron chi connectivity index (χ1n) is 6.63. The summed E-state index contributed by atoms with van der Waals surface area (Å²) in [4.78, 5) is 29.1. The molecule has 7 nitrogen and oxygen atoms in total. The quantitative estimate of drug-likeness (QED) is 0.551. The number of benzene rings is 1. The summed E-state index contributed by atoms with van der Waals surface area (Å²) >= 11 is 6.89. The maximum absolute atomic E-state index is 12.2. The molecule has 0 aliphatic heterocycles. The number of fused-ring (bicyclic) bond motifs is 1. The van der Waals surface area contributed by atoms with Gasteiger partial charge in [-0.05, 0) is 42.5 Å². The van der Waals surface area contributed by atoms with Crippen molar-refractivity contribution in [1.82, 2.24) is 9.97 Å². The second-order valence-corrected chi connectivity index (χ2v) is 6.36. The number of hydrogen-bond donors (Lipinski definition) is 2. The van der Waals surface area contributed by atoms with Gasteiger partial charge in [0.05, 0.1) is 11.0 Å². The molecule has 0 saturated carbocycles. The Kier molecular flexibility index (Phi) is 4.01. The van der Waals surface area contributed by atoms with Crippen LogP contribution in [0.25, 0.3) is 10.9 Å². The van der Waals surface area contributed by atoms with Gasteiger partial charge in [-0.25, -0.2) is 4.98 Å². The fraction of sp³-hybridized carbons (Fsp3) is 0.143. The molecular weight excluding hydrogens is 340 g/mol. The van der Waals surface area contributed by atoms with Crippen LogP contribution in [0.3, 0.4) is 0 Å². The SMILES string of the molecule is C[C@H](Nc1ncc([N+](=O)[O-])s1)c1cc2cc(Cl)ccc2[nH]c1=O. The molecule has 0 bridgehead atoms. The highest BCUT2D eigenvalue weighted by Gasteiger charge is 2.16. The zero-order valence-corrected chi connectivity index (χ0v) is 13.4. The number of hydrogen-bond acceptors (Lipinski definition) is 6. The smallest absolute Gasteiger partial charge is 0.345 e. The van der Waals surface area contributed by atoms with E-state index in [2.05, 4.69) is 15.3 Å². The van der Waals surface area contributed by atoms with Gasteiger partial charge in [-0.1, -0.05) is 11.6 Å². The van der Waals surface area contributed by atoms with E-state index in [-0.39, 0.29) is 16.6 Å². The number of nitrogens with one attached hydrogen (secondary N) is 2. The Morgan fingerprint density at radius 3 is 2.91 bits per heavy atom. The number of nitrogens with zero attached hydrogens (tertiary/aromatic N) is 2. The molecule has 0 fully saturated rings. The number of nitro groups is 1. The highest BCUT2D eigenvalue weighted by Crippen LogP contribution is 2.28. The minimum atomic E-state index is -0.502. The van der Waals surface area contributed by atoms with E-state index >= 15 is 0 Å². The fourth-order valence-corrected chi connectivity index (χ4v) is 3.10. The molecule has 23 heavy (non-hydrogen) atoms. The summed E-state index contributed by atoms with van der Waals surface area (Å²) < 4.78 is 0. The molecule has 3 aromatic rings. The number of halogens is 1. The monoisotopic (exact) mass is 350 g/mol. The molecule has 0 amide bonds. The van der Waals surface area contributed by atoms with Crippen LogP contribution in [0.15, 0.2) is 35.3 Å². The Balaban J connectivity index is 1.93. The van der Waals surface area contributed by atoms with E-state index in [1.807, 2.05) is 0 Å². The van der Waals surface area contributed by atoms with Gasteiger partial charge in [0.1, 0.15) is 6.20 Å². The summed E-state index contributed by atoms with van der Waals surface area (Å²) in [5.41, 5.74) is 0.962. The third-order valence-electron chi connectivity index (χ3n) is 3.31. The minimum Gasteiger partial charge on any atom is -0.355 e. The zero-order chi connectivity index (χ0) is 16.6. The van der Waals surface area contributed by atoms with Gasteiger partial charge in [-0.15, -0.1) is 0 Å². The lowest BCUT2D eigenvalue weighted by Gasteiger charge is -2.13. The highest BCUT2D eigenvalue weighted by molar-refractivity contribution is 7.18. The van der Waals surface area contributed by atoms with Gasteiger partial charge in [0.25, 0.3) is 5.56 Å². The van der Waals surface area contributed by atoms with Gasteiger partial charge in [0, 0.05) is 21.5 Å². The molecule has 2 heterocycles. The number of pyridine rings is 1. The predicted octanol–water partition coefficient (Wildman–Crippen LogP) is 3.72. The lowest BCUT2D eigenvalue weighted by Crippen LogP contribution is -2.19. The van der Waals surface area contributed by atoms with Crippen LogP contribution in [0, 0.1) is 10.1 Å². The molecule has 0 spiro atoms. The summed E-state index contributed by atoms with van der Waals surface area (Å²) in [6, 6.07) is 6.59. The first-order chi connectivity index (χ1) is 10.9. The summed E-state index contributed by atoms with van der Waals surface area (Å²) in [5, 5.41) is 15.4. The van der Waals surface area contributed by atoms with E-state index < -0.39 is 4.92 Å². The number of thiazole rings is 1. The summed E-state index contributed by atoms with van der Waals surface area (Å²) in [6.45, 7) is 1.79. The Bertz CT molecular complexity index is 953. The van der Waals surface area contributed by atoms with Crippen molar-refractivity contribution in [3.05, 3.63) is 61.5 Å². The maximum atomic E-state index is 12.2. The van der Waals surface area contributed by atoms with Gasteiger partial charge < -0.3 is 10.3 Å². The van der Waals surface area contributed by atoms with Gasteiger partial charge in [0.2, 0.25) is 0 Å². The zero-order valence-electron chi connectivity index (χ0n) is 11.9. The first kappa shape index (κ1) is 15.4. The van der Waals surface area contributed by atoms with E-state index in [0.29, 0.717) is 21.2 Å². The average molecular weight is 351 g/mol. The van der Waals surface area contributed by atoms with Crippen LogP contribution in [-0.2, 0) is 0 Å².